The van der Waals surface area contributed by atoms with Gasteiger partial charge in [0.05, 0.1) is 1.37 Å². The van der Waals surface area contributed by atoms with Crippen molar-refractivity contribution in [3.8, 4) is 22.4 Å². The Morgan fingerprint density at radius 3 is 2.68 bits per heavy atom. The van der Waals surface area contributed by atoms with Gasteiger partial charge in [0.2, 0.25) is 0 Å². The summed E-state index contributed by atoms with van der Waals surface area (Å²) < 4.78 is 7.86. The Morgan fingerprint density at radius 2 is 1.86 bits per heavy atom. The third kappa shape index (κ3) is 2.06. The molecule has 0 unspecified atom stereocenters. The number of hydrogen-bond donors (Lipinski definition) is 0. The number of nitrogens with zero attached hydrogens (tertiary/aromatic N) is 1. The van der Waals surface area contributed by atoms with E-state index < -0.39 is 0 Å². The molecule has 22 heavy (non-hydrogen) atoms. The van der Waals surface area contributed by atoms with Crippen molar-refractivity contribution < 1.29 is 21.5 Å². The average Bonchev–Trinajstić information content (AvgIpc) is 2.76. The molecular formula is C20H16IrN-. The molecule has 2 heteroatoms. The molecule has 1 heterocycles. The molecule has 0 N–H and O–H groups in total. The number of pyridine rings is 1. The first kappa shape index (κ1) is 13.9. The molecule has 1 nitrogen and oxygen atoms in total. The third-order valence-electron chi connectivity index (χ3n) is 4.37. The minimum absolute atomic E-state index is 0. The van der Waals surface area contributed by atoms with Crippen LogP contribution in [0.25, 0.3) is 22.4 Å². The molecule has 3 aromatic rings. The van der Waals surface area contributed by atoms with Gasteiger partial charge in [-0.2, -0.15) is 0 Å². The van der Waals surface area contributed by atoms with Crippen molar-refractivity contribution in [2.24, 2.45) is 0 Å². The number of benzene rings is 2. The monoisotopic (exact) mass is 464 g/mol. The molecule has 111 valence electrons. The maximum atomic E-state index is 7.86. The Balaban J connectivity index is 0.00000156. The van der Waals surface area contributed by atoms with Crippen LogP contribution in [0.15, 0.2) is 60.8 Å². The average molecular weight is 464 g/mol. The molecule has 0 aliphatic heterocycles. The summed E-state index contributed by atoms with van der Waals surface area (Å²) in [4.78, 5) is 4.46. The quantitative estimate of drug-likeness (QED) is 0.470. The summed E-state index contributed by atoms with van der Waals surface area (Å²) >= 11 is 0. The fourth-order valence-corrected chi connectivity index (χ4v) is 3.43. The summed E-state index contributed by atoms with van der Waals surface area (Å²) in [6.45, 7) is 4.50. The van der Waals surface area contributed by atoms with E-state index in [1.54, 1.807) is 12.3 Å². The van der Waals surface area contributed by atoms with Crippen molar-refractivity contribution in [3.05, 3.63) is 78.0 Å². The van der Waals surface area contributed by atoms with Gasteiger partial charge in [-0.05, 0) is 28.3 Å². The zero-order valence-corrected chi connectivity index (χ0v) is 14.9. The minimum atomic E-state index is -0.0846. The normalized spacial score (nSPS) is 14.5. The smallest absolute Gasteiger partial charge is 0.0616 e. The van der Waals surface area contributed by atoms with Crippen LogP contribution in [0.1, 0.15) is 26.3 Å². The van der Waals surface area contributed by atoms with Gasteiger partial charge in [-0.15, -0.1) is 29.3 Å². The number of aromatic nitrogens is 1. The molecule has 0 atom stereocenters. The van der Waals surface area contributed by atoms with Crippen molar-refractivity contribution in [3.63, 3.8) is 0 Å². The molecule has 4 rings (SSSR count). The van der Waals surface area contributed by atoms with Gasteiger partial charge in [0.1, 0.15) is 0 Å². The molecule has 0 saturated carbocycles. The molecule has 2 aromatic carbocycles. The zero-order valence-electron chi connectivity index (χ0n) is 13.5. The Morgan fingerprint density at radius 1 is 1.05 bits per heavy atom. The first-order valence-corrected chi connectivity index (χ1v) is 7.17. The summed E-state index contributed by atoms with van der Waals surface area (Å²) in [5, 5.41) is 0. The van der Waals surface area contributed by atoms with Gasteiger partial charge in [0.15, 0.2) is 0 Å². The van der Waals surface area contributed by atoms with E-state index in [0.717, 1.165) is 11.3 Å². The van der Waals surface area contributed by atoms with E-state index in [-0.39, 0.29) is 25.5 Å². The summed E-state index contributed by atoms with van der Waals surface area (Å²) in [6.07, 6.45) is 1.69. The molecule has 1 aliphatic rings. The number of hydrogen-bond acceptors (Lipinski definition) is 1. The molecule has 1 aromatic heterocycles. The Labute approximate surface area is 146 Å². The Kier molecular flexibility index (Phi) is 3.44. The fraction of sp³-hybridized carbons (Fsp3) is 0.150. The SMILES string of the molecule is [2H]c1ccnc(-c2[c-]ccc3c2C(C)(C)c2ccccc2-3)c1.[Ir]. The van der Waals surface area contributed by atoms with Gasteiger partial charge < -0.3 is 4.98 Å². The fourth-order valence-electron chi connectivity index (χ4n) is 3.43. The van der Waals surface area contributed by atoms with Crippen LogP contribution in [0, 0.1) is 6.07 Å². The second-order valence-corrected chi connectivity index (χ2v) is 5.95. The van der Waals surface area contributed by atoms with Crippen LogP contribution in [0.5, 0.6) is 0 Å². The molecule has 0 fully saturated rings. The third-order valence-corrected chi connectivity index (χ3v) is 4.37. The summed E-state index contributed by atoms with van der Waals surface area (Å²) in [5.41, 5.74) is 6.89. The van der Waals surface area contributed by atoms with E-state index in [9.17, 15) is 0 Å². The Bertz CT molecular complexity index is 886. The zero-order chi connectivity index (χ0) is 15.3. The molecule has 0 saturated heterocycles. The van der Waals surface area contributed by atoms with Crippen LogP contribution < -0.4 is 0 Å². The van der Waals surface area contributed by atoms with Crippen LogP contribution >= 0.6 is 0 Å². The number of rotatable bonds is 1. The Hall–Kier alpha value is -1.76. The maximum absolute atomic E-state index is 7.86. The molecular weight excluding hydrogens is 446 g/mol. The van der Waals surface area contributed by atoms with Gasteiger partial charge in [-0.3, -0.25) is 0 Å². The summed E-state index contributed by atoms with van der Waals surface area (Å²) in [6, 6.07) is 20.0. The van der Waals surface area contributed by atoms with Crippen LogP contribution in [0.4, 0.5) is 0 Å². The first-order chi connectivity index (χ1) is 10.6. The van der Waals surface area contributed by atoms with Crippen molar-refractivity contribution in [2.75, 3.05) is 0 Å². The van der Waals surface area contributed by atoms with E-state index in [4.69, 9.17) is 1.37 Å². The van der Waals surface area contributed by atoms with Crippen LogP contribution in [0.2, 0.25) is 0 Å². The summed E-state index contributed by atoms with van der Waals surface area (Å²) in [7, 11) is 0. The molecule has 0 spiro atoms. The second kappa shape index (κ2) is 5.46. The predicted molar refractivity (Wildman–Crippen MR) is 86.1 cm³/mol. The molecule has 1 radical (unpaired) electrons. The van der Waals surface area contributed by atoms with Crippen molar-refractivity contribution in [1.82, 2.24) is 4.98 Å². The number of fused-ring (bicyclic) bond motifs is 3. The van der Waals surface area contributed by atoms with Gasteiger partial charge >= 0.3 is 0 Å². The maximum Gasteiger partial charge on any atom is 0.0616 e. The minimum Gasteiger partial charge on any atom is -0.305 e. The van der Waals surface area contributed by atoms with Crippen LogP contribution in [-0.4, -0.2) is 4.98 Å². The second-order valence-electron chi connectivity index (χ2n) is 5.95. The van der Waals surface area contributed by atoms with Gasteiger partial charge in [-0.1, -0.05) is 55.8 Å². The molecule has 0 bridgehead atoms. The predicted octanol–water partition coefficient (Wildman–Crippen LogP) is 4.85. The standard InChI is InChI=1S/C20H16N.Ir/c1-20(2)17-11-4-3-8-14(17)15-9-7-10-16(19(15)20)18-12-5-6-13-21-18;/h3-9,11-13H,1-2H3;/q-1;/i5D;. The molecule has 0 amide bonds. The van der Waals surface area contributed by atoms with Crippen molar-refractivity contribution in [2.45, 2.75) is 19.3 Å². The first-order valence-electron chi connectivity index (χ1n) is 7.67. The van der Waals surface area contributed by atoms with Gasteiger partial charge in [0, 0.05) is 26.3 Å². The summed E-state index contributed by atoms with van der Waals surface area (Å²) in [5.74, 6) is 0. The van der Waals surface area contributed by atoms with E-state index in [1.807, 2.05) is 12.1 Å². The van der Waals surface area contributed by atoms with E-state index in [0.29, 0.717) is 6.04 Å². The topological polar surface area (TPSA) is 12.9 Å². The van der Waals surface area contributed by atoms with Crippen LogP contribution in [-0.2, 0) is 25.5 Å². The van der Waals surface area contributed by atoms with Gasteiger partial charge in [-0.25, -0.2) is 0 Å². The van der Waals surface area contributed by atoms with E-state index >= 15 is 0 Å². The van der Waals surface area contributed by atoms with Crippen molar-refractivity contribution >= 4 is 0 Å². The van der Waals surface area contributed by atoms with Crippen molar-refractivity contribution in [1.29, 1.82) is 0 Å². The molecule has 1 aliphatic carbocycles. The van der Waals surface area contributed by atoms with Gasteiger partial charge in [0.25, 0.3) is 0 Å². The van der Waals surface area contributed by atoms with E-state index in [2.05, 4.69) is 55.2 Å². The van der Waals surface area contributed by atoms with E-state index in [1.165, 1.54) is 22.3 Å². The largest absolute Gasteiger partial charge is 0.305 e. The van der Waals surface area contributed by atoms with Crippen LogP contribution in [0.3, 0.4) is 0 Å².